The number of anilines is 1. The first-order chi connectivity index (χ1) is 8.24. The molecule has 2 heterocycles. The Labute approximate surface area is 101 Å². The van der Waals surface area contributed by atoms with Crippen LogP contribution >= 0.6 is 0 Å². The Morgan fingerprint density at radius 1 is 1.24 bits per heavy atom. The van der Waals surface area contributed by atoms with Crippen molar-refractivity contribution in [2.45, 2.75) is 27.2 Å². The van der Waals surface area contributed by atoms with Gasteiger partial charge in [0, 0.05) is 12.1 Å². The summed E-state index contributed by atoms with van der Waals surface area (Å²) in [6.07, 6.45) is 4.41. The molecule has 4 heteroatoms. The van der Waals surface area contributed by atoms with Crippen LogP contribution in [0.5, 0.6) is 0 Å². The Hall–Kier alpha value is -1.84. The highest BCUT2D eigenvalue weighted by Crippen LogP contribution is 2.25. The number of nitrogens with zero attached hydrogens (tertiary/aromatic N) is 2. The van der Waals surface area contributed by atoms with E-state index in [2.05, 4.69) is 36.3 Å². The number of hydrogen-bond donors (Lipinski definition) is 1. The molecule has 2 aromatic heterocycles. The molecule has 0 spiro atoms. The molecule has 1 N–H and O–H groups in total. The van der Waals surface area contributed by atoms with Crippen molar-refractivity contribution < 1.29 is 4.42 Å². The van der Waals surface area contributed by atoms with E-state index in [1.807, 2.05) is 6.07 Å². The number of aromatic nitrogens is 2. The van der Waals surface area contributed by atoms with E-state index in [9.17, 15) is 0 Å². The van der Waals surface area contributed by atoms with E-state index < -0.39 is 0 Å². The predicted octanol–water partition coefficient (Wildman–Crippen LogP) is 3.18. The van der Waals surface area contributed by atoms with Crippen LogP contribution in [0.25, 0.3) is 11.3 Å². The largest absolute Gasteiger partial charge is 0.472 e. The summed E-state index contributed by atoms with van der Waals surface area (Å²) >= 11 is 0. The van der Waals surface area contributed by atoms with Gasteiger partial charge in [-0.25, -0.2) is 0 Å². The molecule has 0 aliphatic rings. The highest BCUT2D eigenvalue weighted by atomic mass is 16.3. The first kappa shape index (κ1) is 11.6. The first-order valence-corrected chi connectivity index (χ1v) is 5.84. The molecule has 0 aliphatic carbocycles. The summed E-state index contributed by atoms with van der Waals surface area (Å²) in [7, 11) is 0. The smallest absolute Gasteiger partial charge is 0.151 e. The van der Waals surface area contributed by atoms with Crippen molar-refractivity contribution in [1.82, 2.24) is 10.2 Å². The summed E-state index contributed by atoms with van der Waals surface area (Å²) in [4.78, 5) is 0. The lowest BCUT2D eigenvalue weighted by Crippen LogP contribution is -2.07. The number of hydrogen-bond acceptors (Lipinski definition) is 4. The molecule has 90 valence electrons. The Kier molecular flexibility index (Phi) is 3.42. The van der Waals surface area contributed by atoms with Crippen LogP contribution in [0.2, 0.25) is 0 Å². The molecule has 0 fully saturated rings. The van der Waals surface area contributed by atoms with Gasteiger partial charge < -0.3 is 9.73 Å². The Balaban J connectivity index is 2.36. The predicted molar refractivity (Wildman–Crippen MR) is 68.0 cm³/mol. The molecule has 0 bridgehead atoms. The molecule has 17 heavy (non-hydrogen) atoms. The zero-order valence-corrected chi connectivity index (χ0v) is 10.4. The average molecular weight is 231 g/mol. The zero-order valence-electron chi connectivity index (χ0n) is 10.4. The van der Waals surface area contributed by atoms with Gasteiger partial charge in [0.2, 0.25) is 0 Å². The van der Waals surface area contributed by atoms with Gasteiger partial charge in [0.25, 0.3) is 0 Å². The molecule has 2 aromatic rings. The number of furan rings is 1. The van der Waals surface area contributed by atoms with E-state index in [4.69, 9.17) is 4.42 Å². The summed E-state index contributed by atoms with van der Waals surface area (Å²) in [6, 6.07) is 1.90. The van der Waals surface area contributed by atoms with E-state index in [1.54, 1.807) is 12.5 Å². The summed E-state index contributed by atoms with van der Waals surface area (Å²) in [5.41, 5.74) is 4.14. The molecule has 0 aliphatic heterocycles. The Morgan fingerprint density at radius 2 is 2.06 bits per heavy atom. The normalized spacial score (nSPS) is 10.5. The van der Waals surface area contributed by atoms with Gasteiger partial charge in [-0.1, -0.05) is 6.92 Å². The molecule has 0 atom stereocenters. The second-order valence-corrected chi connectivity index (χ2v) is 4.09. The third-order valence-electron chi connectivity index (χ3n) is 2.86. The maximum absolute atomic E-state index is 5.08. The molecule has 0 aromatic carbocycles. The molecule has 2 rings (SSSR count). The molecule has 0 unspecified atom stereocenters. The van der Waals surface area contributed by atoms with Crippen LogP contribution in [0.3, 0.4) is 0 Å². The molecule has 4 nitrogen and oxygen atoms in total. The highest BCUT2D eigenvalue weighted by Gasteiger charge is 2.11. The fraction of sp³-hybridized carbons (Fsp3) is 0.385. The summed E-state index contributed by atoms with van der Waals surface area (Å²) in [6.45, 7) is 7.16. The van der Waals surface area contributed by atoms with Crippen molar-refractivity contribution in [2.24, 2.45) is 0 Å². The Bertz CT molecular complexity index is 492. The topological polar surface area (TPSA) is 51.0 Å². The van der Waals surface area contributed by atoms with Crippen LogP contribution in [-0.4, -0.2) is 16.7 Å². The van der Waals surface area contributed by atoms with Gasteiger partial charge in [-0.05, 0) is 37.5 Å². The standard InChI is InChI=1S/C13H17N3O/c1-4-6-14-13-10(3)9(2)12(15-16-13)11-5-7-17-8-11/h5,7-8H,4,6H2,1-3H3,(H,14,16). The molecule has 0 radical (unpaired) electrons. The van der Waals surface area contributed by atoms with E-state index in [-0.39, 0.29) is 0 Å². The Morgan fingerprint density at radius 3 is 2.71 bits per heavy atom. The fourth-order valence-corrected chi connectivity index (χ4v) is 1.69. The summed E-state index contributed by atoms with van der Waals surface area (Å²) in [5.74, 6) is 0.872. The van der Waals surface area contributed by atoms with Crippen LogP contribution in [0.4, 0.5) is 5.82 Å². The molecule has 0 saturated carbocycles. The van der Waals surface area contributed by atoms with Crippen molar-refractivity contribution in [3.05, 3.63) is 29.7 Å². The minimum absolute atomic E-state index is 0.872. The minimum Gasteiger partial charge on any atom is -0.472 e. The van der Waals surface area contributed by atoms with Gasteiger partial charge >= 0.3 is 0 Å². The second-order valence-electron chi connectivity index (χ2n) is 4.09. The van der Waals surface area contributed by atoms with Crippen molar-refractivity contribution >= 4 is 5.82 Å². The number of rotatable bonds is 4. The molecular weight excluding hydrogens is 214 g/mol. The van der Waals surface area contributed by atoms with Crippen LogP contribution in [0.1, 0.15) is 24.5 Å². The van der Waals surface area contributed by atoms with Crippen molar-refractivity contribution in [2.75, 3.05) is 11.9 Å². The van der Waals surface area contributed by atoms with Gasteiger partial charge in [0.15, 0.2) is 5.82 Å². The number of nitrogens with one attached hydrogen (secondary N) is 1. The molecule has 0 saturated heterocycles. The lowest BCUT2D eigenvalue weighted by atomic mass is 10.1. The van der Waals surface area contributed by atoms with Gasteiger partial charge in [0.05, 0.1) is 18.2 Å². The molecular formula is C13H17N3O. The average Bonchev–Trinajstić information content (AvgIpc) is 2.85. The SMILES string of the molecule is CCCNc1nnc(-c2ccoc2)c(C)c1C. The van der Waals surface area contributed by atoms with Gasteiger partial charge in [0.1, 0.15) is 0 Å². The maximum atomic E-state index is 5.08. The van der Waals surface area contributed by atoms with Crippen LogP contribution < -0.4 is 5.32 Å². The van der Waals surface area contributed by atoms with Crippen molar-refractivity contribution in [3.63, 3.8) is 0 Å². The third-order valence-corrected chi connectivity index (χ3v) is 2.86. The quantitative estimate of drug-likeness (QED) is 0.878. The van der Waals surface area contributed by atoms with E-state index in [0.29, 0.717) is 0 Å². The van der Waals surface area contributed by atoms with Gasteiger partial charge in [-0.3, -0.25) is 0 Å². The first-order valence-electron chi connectivity index (χ1n) is 5.84. The summed E-state index contributed by atoms with van der Waals surface area (Å²) < 4.78 is 5.08. The van der Waals surface area contributed by atoms with Crippen molar-refractivity contribution in [3.8, 4) is 11.3 Å². The van der Waals surface area contributed by atoms with Crippen LogP contribution in [0.15, 0.2) is 23.0 Å². The van der Waals surface area contributed by atoms with Gasteiger partial charge in [-0.2, -0.15) is 0 Å². The maximum Gasteiger partial charge on any atom is 0.151 e. The molecule has 0 amide bonds. The van der Waals surface area contributed by atoms with Gasteiger partial charge in [-0.15, -0.1) is 10.2 Å². The zero-order chi connectivity index (χ0) is 12.3. The van der Waals surface area contributed by atoms with Crippen LogP contribution in [0, 0.1) is 13.8 Å². The van der Waals surface area contributed by atoms with E-state index >= 15 is 0 Å². The highest BCUT2D eigenvalue weighted by molar-refractivity contribution is 5.65. The lowest BCUT2D eigenvalue weighted by molar-refractivity contribution is 0.568. The monoisotopic (exact) mass is 231 g/mol. The minimum atomic E-state index is 0.872. The van der Waals surface area contributed by atoms with E-state index in [1.165, 1.54) is 0 Å². The third kappa shape index (κ3) is 2.30. The van der Waals surface area contributed by atoms with Crippen molar-refractivity contribution in [1.29, 1.82) is 0 Å². The fourth-order valence-electron chi connectivity index (χ4n) is 1.69. The van der Waals surface area contributed by atoms with E-state index in [0.717, 1.165) is 41.2 Å². The van der Waals surface area contributed by atoms with Crippen LogP contribution in [-0.2, 0) is 0 Å². The summed E-state index contributed by atoms with van der Waals surface area (Å²) in [5, 5.41) is 11.8. The lowest BCUT2D eigenvalue weighted by Gasteiger charge is -2.11. The second kappa shape index (κ2) is 4.99.